The maximum Gasteiger partial charge on any atom is 0.262 e. The Balaban J connectivity index is 1.85. The van der Waals surface area contributed by atoms with E-state index in [0.717, 1.165) is 12.8 Å². The van der Waals surface area contributed by atoms with Crippen molar-refractivity contribution in [2.45, 2.75) is 44.4 Å². The number of benzene rings is 1. The van der Waals surface area contributed by atoms with E-state index in [9.17, 15) is 9.59 Å². The smallest absolute Gasteiger partial charge is 0.262 e. The van der Waals surface area contributed by atoms with Crippen LogP contribution in [-0.2, 0) is 17.8 Å². The van der Waals surface area contributed by atoms with Crippen molar-refractivity contribution in [2.24, 2.45) is 0 Å². The number of carbonyl (C=O) groups is 1. The molecule has 2 aromatic heterocycles. The van der Waals surface area contributed by atoms with Gasteiger partial charge in [0.05, 0.1) is 16.7 Å². The van der Waals surface area contributed by atoms with Crippen LogP contribution in [0.4, 0.5) is 0 Å². The fraction of sp³-hybridized carbons (Fsp3) is 0.350. The van der Waals surface area contributed by atoms with Crippen molar-refractivity contribution >= 4 is 39.9 Å². The predicted molar refractivity (Wildman–Crippen MR) is 113 cm³/mol. The van der Waals surface area contributed by atoms with Crippen LogP contribution in [0.25, 0.3) is 10.9 Å². The van der Waals surface area contributed by atoms with Crippen molar-refractivity contribution in [1.29, 1.82) is 0 Å². The van der Waals surface area contributed by atoms with Crippen molar-refractivity contribution in [3.63, 3.8) is 0 Å². The van der Waals surface area contributed by atoms with Crippen LogP contribution >= 0.6 is 23.1 Å². The molecule has 7 heteroatoms. The summed E-state index contributed by atoms with van der Waals surface area (Å²) in [6.07, 6.45) is 1.65. The first-order chi connectivity index (χ1) is 13.1. The highest BCUT2D eigenvalue weighted by molar-refractivity contribution is 7.99. The van der Waals surface area contributed by atoms with E-state index in [1.54, 1.807) is 22.0 Å². The van der Waals surface area contributed by atoms with Crippen molar-refractivity contribution in [1.82, 2.24) is 14.9 Å². The Morgan fingerprint density at radius 3 is 2.85 bits per heavy atom. The fourth-order valence-corrected chi connectivity index (χ4v) is 4.22. The molecule has 5 nitrogen and oxygen atoms in total. The van der Waals surface area contributed by atoms with E-state index in [4.69, 9.17) is 0 Å². The molecule has 0 bridgehead atoms. The number of nitrogens with one attached hydrogen (secondary N) is 1. The van der Waals surface area contributed by atoms with Crippen LogP contribution in [-0.4, -0.2) is 27.3 Å². The quantitative estimate of drug-likeness (QED) is 0.462. The standard InChI is InChI=1S/C20H23N3O2S2/c1-3-14(2)21-18(24)13-27-20-22-17-9-5-4-8-16(17)19(25)23(20)11-10-15-7-6-12-26-15/h4-9,12,14H,3,10-11,13H2,1-2H3,(H,21,24)/t14-/m1/s1. The molecule has 0 fully saturated rings. The van der Waals surface area contributed by atoms with Crippen LogP contribution in [0, 0.1) is 0 Å². The van der Waals surface area contributed by atoms with E-state index in [2.05, 4.69) is 16.4 Å². The first-order valence-electron chi connectivity index (χ1n) is 9.02. The number of nitrogens with zero attached hydrogens (tertiary/aromatic N) is 2. The van der Waals surface area contributed by atoms with Crippen molar-refractivity contribution in [3.8, 4) is 0 Å². The maximum absolute atomic E-state index is 13.0. The molecule has 0 unspecified atom stereocenters. The summed E-state index contributed by atoms with van der Waals surface area (Å²) in [6, 6.07) is 11.6. The minimum Gasteiger partial charge on any atom is -0.353 e. The summed E-state index contributed by atoms with van der Waals surface area (Å²) < 4.78 is 1.70. The van der Waals surface area contributed by atoms with Crippen LogP contribution < -0.4 is 10.9 Å². The molecule has 0 aliphatic heterocycles. The van der Waals surface area contributed by atoms with Gasteiger partial charge in [0.25, 0.3) is 5.56 Å². The first kappa shape index (κ1) is 19.6. The Labute approximate surface area is 166 Å². The monoisotopic (exact) mass is 401 g/mol. The van der Waals surface area contributed by atoms with Gasteiger partial charge in [0.2, 0.25) is 5.91 Å². The van der Waals surface area contributed by atoms with Crippen LogP contribution in [0.5, 0.6) is 0 Å². The molecular formula is C20H23N3O2S2. The van der Waals surface area contributed by atoms with E-state index < -0.39 is 0 Å². The van der Waals surface area contributed by atoms with Crippen LogP contribution in [0.2, 0.25) is 0 Å². The lowest BCUT2D eigenvalue weighted by atomic mass is 10.2. The maximum atomic E-state index is 13.0. The lowest BCUT2D eigenvalue weighted by Crippen LogP contribution is -2.33. The second kappa shape index (κ2) is 9.19. The van der Waals surface area contributed by atoms with Gasteiger partial charge >= 0.3 is 0 Å². The normalized spacial score (nSPS) is 12.2. The number of rotatable bonds is 8. The minimum absolute atomic E-state index is 0.0402. The minimum atomic E-state index is -0.0537. The second-order valence-electron chi connectivity index (χ2n) is 6.36. The van der Waals surface area contributed by atoms with E-state index in [0.29, 0.717) is 22.6 Å². The Hall–Kier alpha value is -2.12. The predicted octanol–water partition coefficient (Wildman–Crippen LogP) is 3.71. The molecule has 3 rings (SSSR count). The lowest BCUT2D eigenvalue weighted by Gasteiger charge is -2.14. The zero-order valence-corrected chi connectivity index (χ0v) is 17.1. The molecule has 0 aliphatic rings. The Kier molecular flexibility index (Phi) is 6.68. The van der Waals surface area contributed by atoms with Crippen LogP contribution in [0.15, 0.2) is 51.7 Å². The van der Waals surface area contributed by atoms with E-state index >= 15 is 0 Å². The molecule has 1 amide bonds. The van der Waals surface area contributed by atoms with Gasteiger partial charge in [-0.1, -0.05) is 36.9 Å². The van der Waals surface area contributed by atoms with Gasteiger partial charge in [-0.2, -0.15) is 0 Å². The largest absolute Gasteiger partial charge is 0.353 e. The molecule has 0 radical (unpaired) electrons. The summed E-state index contributed by atoms with van der Waals surface area (Å²) in [6.45, 7) is 4.56. The number of hydrogen-bond donors (Lipinski definition) is 1. The number of thioether (sulfide) groups is 1. The summed E-state index contributed by atoms with van der Waals surface area (Å²) in [4.78, 5) is 31.0. The highest BCUT2D eigenvalue weighted by Gasteiger charge is 2.14. The zero-order chi connectivity index (χ0) is 19.2. The SMILES string of the molecule is CC[C@@H](C)NC(=O)CSc1nc2ccccc2c(=O)n1CCc1cccs1. The average Bonchev–Trinajstić information content (AvgIpc) is 3.19. The van der Waals surface area contributed by atoms with E-state index in [-0.39, 0.29) is 23.3 Å². The summed E-state index contributed by atoms with van der Waals surface area (Å²) in [5.74, 6) is 0.204. The molecule has 142 valence electrons. The lowest BCUT2D eigenvalue weighted by molar-refractivity contribution is -0.119. The molecule has 0 spiro atoms. The molecule has 2 heterocycles. The summed E-state index contributed by atoms with van der Waals surface area (Å²) in [7, 11) is 0. The Morgan fingerprint density at radius 1 is 1.30 bits per heavy atom. The topological polar surface area (TPSA) is 64.0 Å². The highest BCUT2D eigenvalue weighted by Crippen LogP contribution is 2.19. The number of thiophene rings is 1. The number of hydrogen-bond acceptors (Lipinski definition) is 5. The van der Waals surface area contributed by atoms with Gasteiger partial charge < -0.3 is 5.32 Å². The zero-order valence-electron chi connectivity index (χ0n) is 15.5. The molecule has 1 atom stereocenters. The Bertz CT molecular complexity index is 967. The molecular weight excluding hydrogens is 378 g/mol. The third-order valence-corrected chi connectivity index (χ3v) is 6.25. The summed E-state index contributed by atoms with van der Waals surface area (Å²) in [5.41, 5.74) is 0.613. The fourth-order valence-electron chi connectivity index (χ4n) is 2.68. The molecule has 27 heavy (non-hydrogen) atoms. The van der Waals surface area contributed by atoms with Crippen molar-refractivity contribution in [3.05, 3.63) is 57.0 Å². The second-order valence-corrected chi connectivity index (χ2v) is 8.34. The van der Waals surface area contributed by atoms with Gasteiger partial charge in [0.1, 0.15) is 0 Å². The van der Waals surface area contributed by atoms with Crippen LogP contribution in [0.1, 0.15) is 25.1 Å². The number of fused-ring (bicyclic) bond motifs is 1. The van der Waals surface area contributed by atoms with Crippen molar-refractivity contribution < 1.29 is 4.79 Å². The molecule has 1 aromatic carbocycles. The average molecular weight is 402 g/mol. The van der Waals surface area contributed by atoms with Crippen LogP contribution in [0.3, 0.4) is 0 Å². The van der Waals surface area contributed by atoms with E-state index in [1.807, 2.05) is 43.5 Å². The number of carbonyl (C=O) groups excluding carboxylic acids is 1. The summed E-state index contributed by atoms with van der Waals surface area (Å²) in [5, 5.41) is 6.19. The van der Waals surface area contributed by atoms with E-state index in [1.165, 1.54) is 16.6 Å². The third kappa shape index (κ3) is 4.99. The van der Waals surface area contributed by atoms with Gasteiger partial charge in [-0.15, -0.1) is 11.3 Å². The molecule has 0 aliphatic carbocycles. The molecule has 3 aromatic rings. The van der Waals surface area contributed by atoms with Gasteiger partial charge in [0, 0.05) is 17.5 Å². The highest BCUT2D eigenvalue weighted by atomic mass is 32.2. The van der Waals surface area contributed by atoms with Gasteiger partial charge in [0.15, 0.2) is 5.16 Å². The number of para-hydroxylation sites is 1. The Morgan fingerprint density at radius 2 is 2.11 bits per heavy atom. The molecule has 0 saturated carbocycles. The molecule has 0 saturated heterocycles. The third-order valence-electron chi connectivity index (χ3n) is 4.34. The van der Waals surface area contributed by atoms with Crippen molar-refractivity contribution in [2.75, 3.05) is 5.75 Å². The first-order valence-corrected chi connectivity index (χ1v) is 10.9. The van der Waals surface area contributed by atoms with Gasteiger partial charge in [-0.05, 0) is 43.3 Å². The summed E-state index contributed by atoms with van der Waals surface area (Å²) >= 11 is 3.00. The number of aryl methyl sites for hydroxylation is 1. The molecule has 1 N–H and O–H groups in total. The van der Waals surface area contributed by atoms with Gasteiger partial charge in [-0.25, -0.2) is 4.98 Å². The number of aromatic nitrogens is 2. The van der Waals surface area contributed by atoms with Gasteiger partial charge in [-0.3, -0.25) is 14.2 Å². The number of amides is 1.